The highest BCUT2D eigenvalue weighted by Crippen LogP contribution is 2.52. The summed E-state index contributed by atoms with van der Waals surface area (Å²) in [6.07, 6.45) is -1.93. The fourth-order valence-electron chi connectivity index (χ4n) is 3.79. The molecule has 0 bridgehead atoms. The van der Waals surface area contributed by atoms with E-state index in [0.29, 0.717) is 4.91 Å². The highest BCUT2D eigenvalue weighted by atomic mass is 32.2. The van der Waals surface area contributed by atoms with Crippen molar-refractivity contribution >= 4 is 40.0 Å². The van der Waals surface area contributed by atoms with Crippen LogP contribution in [0, 0.1) is 11.8 Å². The van der Waals surface area contributed by atoms with Gasteiger partial charge in [0.15, 0.2) is 0 Å². The summed E-state index contributed by atoms with van der Waals surface area (Å²) >= 11 is 1.28. The number of ether oxygens (including phenoxy) is 3. The second-order valence-electron chi connectivity index (χ2n) is 7.22. The van der Waals surface area contributed by atoms with Gasteiger partial charge in [-0.25, -0.2) is 14.7 Å². The molecule has 30 heavy (non-hydrogen) atoms. The van der Waals surface area contributed by atoms with Gasteiger partial charge in [-0.05, 0) is 6.92 Å². The second-order valence-corrected chi connectivity index (χ2v) is 10.1. The minimum Gasteiger partial charge on any atom is -0.438 e. The minimum atomic E-state index is -3.78. The second kappa shape index (κ2) is 8.34. The number of aliphatic hydroxyl groups excluding tert-OH is 1. The van der Waals surface area contributed by atoms with Crippen LogP contribution in [0.3, 0.4) is 0 Å². The lowest BCUT2D eigenvalue weighted by molar-refractivity contribution is -0.166. The number of hydrogen-bond acceptors (Lipinski definition) is 10. The summed E-state index contributed by atoms with van der Waals surface area (Å²) in [4.78, 5) is 38.1. The Kier molecular flexibility index (Phi) is 6.34. The van der Waals surface area contributed by atoms with Gasteiger partial charge in [-0.2, -0.15) is 12.7 Å². The van der Waals surface area contributed by atoms with Gasteiger partial charge in [0.05, 0.1) is 25.2 Å². The third-order valence-electron chi connectivity index (χ3n) is 5.30. The molecule has 2 saturated heterocycles. The van der Waals surface area contributed by atoms with Crippen molar-refractivity contribution in [1.29, 1.82) is 0 Å². The number of nitrogens with two attached hydrogens (primary N) is 1. The monoisotopic (exact) mass is 465 g/mol. The summed E-state index contributed by atoms with van der Waals surface area (Å²) in [6.45, 7) is 2.98. The highest BCUT2D eigenvalue weighted by molar-refractivity contribution is 8.04. The molecule has 0 aromatic heterocycles. The molecule has 3 rings (SSSR count). The summed E-state index contributed by atoms with van der Waals surface area (Å²) in [5.74, 6) is -2.21. The van der Waals surface area contributed by atoms with Crippen molar-refractivity contribution in [2.24, 2.45) is 17.0 Å². The number of carbonyl (C=O) groups excluding carboxylic acids is 3. The molecule has 0 saturated carbocycles. The van der Waals surface area contributed by atoms with Crippen LogP contribution in [0.1, 0.15) is 13.8 Å². The lowest BCUT2D eigenvalue weighted by Crippen LogP contribution is -2.63. The van der Waals surface area contributed by atoms with E-state index in [2.05, 4.69) is 9.47 Å². The van der Waals surface area contributed by atoms with Crippen molar-refractivity contribution in [3.05, 3.63) is 10.6 Å². The number of esters is 1. The van der Waals surface area contributed by atoms with Crippen molar-refractivity contribution in [2.75, 3.05) is 27.0 Å². The van der Waals surface area contributed by atoms with Gasteiger partial charge in [-0.3, -0.25) is 4.79 Å². The Balaban J connectivity index is 1.78. The molecule has 4 atom stereocenters. The van der Waals surface area contributed by atoms with E-state index in [-0.39, 0.29) is 30.0 Å². The fraction of sp³-hybridized carbons (Fsp3) is 0.688. The molecule has 3 aliphatic rings. The maximum Gasteiger partial charge on any atom is 0.510 e. The molecule has 0 spiro atoms. The molecule has 3 aliphatic heterocycles. The molecule has 0 aromatic rings. The minimum absolute atomic E-state index is 0.0157. The van der Waals surface area contributed by atoms with Crippen LogP contribution in [-0.2, 0) is 34.0 Å². The maximum atomic E-state index is 12.7. The van der Waals surface area contributed by atoms with Crippen LogP contribution in [0.5, 0.6) is 0 Å². The average molecular weight is 466 g/mol. The van der Waals surface area contributed by atoms with Gasteiger partial charge >= 0.3 is 12.1 Å². The van der Waals surface area contributed by atoms with Crippen LogP contribution >= 0.6 is 11.8 Å². The summed E-state index contributed by atoms with van der Waals surface area (Å²) in [6, 6.07) is -0.418. The Morgan fingerprint density at radius 3 is 2.50 bits per heavy atom. The topological polar surface area (TPSA) is 166 Å². The first-order chi connectivity index (χ1) is 14.0. The molecule has 12 nitrogen and oxygen atoms in total. The van der Waals surface area contributed by atoms with Gasteiger partial charge in [0.1, 0.15) is 5.70 Å². The molecular weight excluding hydrogens is 442 g/mol. The largest absolute Gasteiger partial charge is 0.510 e. The van der Waals surface area contributed by atoms with Crippen molar-refractivity contribution in [3.8, 4) is 0 Å². The number of rotatable bonds is 7. The number of carbonyl (C=O) groups is 3. The van der Waals surface area contributed by atoms with Crippen LogP contribution in [0.25, 0.3) is 0 Å². The van der Waals surface area contributed by atoms with E-state index in [9.17, 15) is 27.9 Å². The standard InChI is InChI=1S/C16H23N3O9S2/c1-7-11-10(8(2)20)14(21)19(11)12(15(22)27-6-28-16(23)26-3)13(7)29-9-4-18(5-9)30(17,24)25/h7-11,20H,4-6H2,1-3H3,(H2,17,24,25)/t7-,8-,10-,11-/m1/s1. The Labute approximate surface area is 177 Å². The number of nitrogens with zero attached hydrogens (tertiary/aromatic N) is 2. The van der Waals surface area contributed by atoms with Crippen molar-refractivity contribution in [3.63, 3.8) is 0 Å². The Bertz CT molecular complexity index is 882. The SMILES string of the molecule is COC(=O)OCOC(=O)C1=C(SC2CN(S(N)(=O)=O)C2)[C@H](C)[C@@H]2[C@@H]([C@@H](C)O)C(=O)N12. The van der Waals surface area contributed by atoms with Crippen LogP contribution in [0.2, 0.25) is 0 Å². The van der Waals surface area contributed by atoms with Gasteiger partial charge in [0, 0.05) is 29.2 Å². The number of amides is 1. The Morgan fingerprint density at radius 2 is 1.97 bits per heavy atom. The summed E-state index contributed by atoms with van der Waals surface area (Å²) in [5, 5.41) is 14.9. The van der Waals surface area contributed by atoms with Crippen molar-refractivity contribution < 1.29 is 42.1 Å². The fourth-order valence-corrected chi connectivity index (χ4v) is 6.27. The molecule has 0 radical (unpaired) electrons. The van der Waals surface area contributed by atoms with E-state index in [4.69, 9.17) is 9.88 Å². The van der Waals surface area contributed by atoms with E-state index < -0.39 is 53.1 Å². The predicted octanol–water partition coefficient (Wildman–Crippen LogP) is -1.04. The molecule has 0 aromatic carbocycles. The van der Waals surface area contributed by atoms with Crippen LogP contribution in [0.15, 0.2) is 10.6 Å². The van der Waals surface area contributed by atoms with E-state index in [1.165, 1.54) is 23.6 Å². The third kappa shape index (κ3) is 4.01. The molecule has 3 N–H and O–H groups in total. The first kappa shape index (κ1) is 22.8. The van der Waals surface area contributed by atoms with Crippen molar-refractivity contribution in [2.45, 2.75) is 31.2 Å². The molecular formula is C16H23N3O9S2. The Morgan fingerprint density at radius 1 is 1.33 bits per heavy atom. The number of fused-ring (bicyclic) bond motifs is 1. The summed E-state index contributed by atoms with van der Waals surface area (Å²) < 4.78 is 37.7. The zero-order valence-electron chi connectivity index (χ0n) is 16.5. The smallest absolute Gasteiger partial charge is 0.438 e. The number of aliphatic hydroxyl groups is 1. The molecule has 3 heterocycles. The number of methoxy groups -OCH3 is 1. The number of thioether (sulfide) groups is 1. The van der Waals surface area contributed by atoms with E-state index in [1.54, 1.807) is 0 Å². The third-order valence-corrected chi connectivity index (χ3v) is 7.77. The average Bonchev–Trinajstić information content (AvgIpc) is 2.84. The predicted molar refractivity (Wildman–Crippen MR) is 103 cm³/mol. The van der Waals surface area contributed by atoms with E-state index in [1.807, 2.05) is 6.92 Å². The van der Waals surface area contributed by atoms with Crippen LogP contribution < -0.4 is 5.14 Å². The molecule has 14 heteroatoms. The lowest BCUT2D eigenvalue weighted by Gasteiger charge is -2.46. The number of hydrogen-bond donors (Lipinski definition) is 2. The molecule has 0 unspecified atom stereocenters. The van der Waals surface area contributed by atoms with Gasteiger partial charge in [0.2, 0.25) is 12.7 Å². The van der Waals surface area contributed by atoms with Crippen LogP contribution in [0.4, 0.5) is 4.79 Å². The Hall–Kier alpha value is -1.87. The number of β-lactam (4-membered cyclic amide) rings is 1. The zero-order chi connectivity index (χ0) is 22.4. The van der Waals surface area contributed by atoms with E-state index in [0.717, 1.165) is 11.4 Å². The van der Waals surface area contributed by atoms with E-state index >= 15 is 0 Å². The molecule has 0 aliphatic carbocycles. The lowest BCUT2D eigenvalue weighted by atomic mass is 9.79. The zero-order valence-corrected chi connectivity index (χ0v) is 18.1. The van der Waals surface area contributed by atoms with Gasteiger partial charge < -0.3 is 24.2 Å². The highest BCUT2D eigenvalue weighted by Gasteiger charge is 2.60. The summed E-state index contributed by atoms with van der Waals surface area (Å²) in [5.41, 5.74) is 0.0157. The van der Waals surface area contributed by atoms with Gasteiger partial charge in [-0.1, -0.05) is 6.92 Å². The summed E-state index contributed by atoms with van der Waals surface area (Å²) in [7, 11) is -2.68. The van der Waals surface area contributed by atoms with Gasteiger partial charge in [-0.15, -0.1) is 11.8 Å². The molecule has 2 fully saturated rings. The first-order valence-electron chi connectivity index (χ1n) is 9.05. The van der Waals surface area contributed by atoms with Crippen molar-refractivity contribution in [1.82, 2.24) is 9.21 Å². The van der Waals surface area contributed by atoms with Gasteiger partial charge in [0.25, 0.3) is 10.2 Å². The molecule has 168 valence electrons. The maximum absolute atomic E-state index is 12.7. The molecule has 1 amide bonds. The quantitative estimate of drug-likeness (QED) is 0.269. The van der Waals surface area contributed by atoms with Crippen LogP contribution in [-0.4, -0.2) is 85.1 Å². The normalized spacial score (nSPS) is 27.8. The first-order valence-corrected chi connectivity index (χ1v) is 11.4.